The molecular weight excluding hydrogens is 186 g/mol. The number of hydrogen-bond donors (Lipinski definition) is 1. The van der Waals surface area contributed by atoms with Crippen molar-refractivity contribution in [3.63, 3.8) is 0 Å². The van der Waals surface area contributed by atoms with Gasteiger partial charge < -0.3 is 9.88 Å². The Balaban J connectivity index is 2.01. The summed E-state index contributed by atoms with van der Waals surface area (Å²) in [5, 5.41) is 3.73. The third kappa shape index (κ3) is 1.33. The molecule has 1 aliphatic heterocycles. The highest BCUT2D eigenvalue weighted by molar-refractivity contribution is 5.17. The van der Waals surface area contributed by atoms with Crippen LogP contribution in [0, 0.1) is 5.92 Å². The Morgan fingerprint density at radius 2 is 2.47 bits per heavy atom. The van der Waals surface area contributed by atoms with E-state index in [1.165, 1.54) is 31.5 Å². The molecule has 1 unspecified atom stereocenters. The van der Waals surface area contributed by atoms with Gasteiger partial charge in [-0.2, -0.15) is 0 Å². The molecule has 0 radical (unpaired) electrons. The van der Waals surface area contributed by atoms with Crippen LogP contribution >= 0.6 is 0 Å². The molecule has 1 aromatic rings. The first-order valence-electron chi connectivity index (χ1n) is 6.13. The SMILES string of the molecule is CCn1ccnc1C1(C2CC2)CCCN1. The molecule has 1 aromatic heterocycles. The van der Waals surface area contributed by atoms with Gasteiger partial charge in [0.25, 0.3) is 0 Å². The fourth-order valence-electron chi connectivity index (χ4n) is 3.02. The zero-order valence-electron chi connectivity index (χ0n) is 9.37. The lowest BCUT2D eigenvalue weighted by Gasteiger charge is -2.29. The lowest BCUT2D eigenvalue weighted by atomic mass is 9.90. The molecule has 1 saturated carbocycles. The number of imidazole rings is 1. The third-order valence-electron chi connectivity index (χ3n) is 3.92. The quantitative estimate of drug-likeness (QED) is 0.816. The first kappa shape index (κ1) is 9.40. The molecule has 2 heterocycles. The molecule has 0 aromatic carbocycles. The number of aromatic nitrogens is 2. The summed E-state index contributed by atoms with van der Waals surface area (Å²) in [5.41, 5.74) is 0.222. The van der Waals surface area contributed by atoms with E-state index in [2.05, 4.69) is 28.0 Å². The number of nitrogens with zero attached hydrogens (tertiary/aromatic N) is 2. The van der Waals surface area contributed by atoms with Crippen LogP contribution in [0.5, 0.6) is 0 Å². The smallest absolute Gasteiger partial charge is 0.129 e. The summed E-state index contributed by atoms with van der Waals surface area (Å²) in [6, 6.07) is 0. The Hall–Kier alpha value is -0.830. The summed E-state index contributed by atoms with van der Waals surface area (Å²) in [7, 11) is 0. The van der Waals surface area contributed by atoms with Crippen molar-refractivity contribution in [2.45, 2.75) is 44.7 Å². The van der Waals surface area contributed by atoms with Crippen LogP contribution in [0.1, 0.15) is 38.4 Å². The third-order valence-corrected chi connectivity index (χ3v) is 3.92. The van der Waals surface area contributed by atoms with Gasteiger partial charge >= 0.3 is 0 Å². The van der Waals surface area contributed by atoms with Crippen LogP contribution in [0.15, 0.2) is 12.4 Å². The second-order valence-electron chi connectivity index (χ2n) is 4.81. The predicted molar refractivity (Wildman–Crippen MR) is 59.5 cm³/mol. The molecule has 82 valence electrons. The molecule has 3 nitrogen and oxygen atoms in total. The van der Waals surface area contributed by atoms with Crippen LogP contribution in [0.25, 0.3) is 0 Å². The van der Waals surface area contributed by atoms with Crippen LogP contribution in [0.2, 0.25) is 0 Å². The first-order valence-corrected chi connectivity index (χ1v) is 6.13. The maximum Gasteiger partial charge on any atom is 0.129 e. The zero-order valence-corrected chi connectivity index (χ0v) is 9.37. The zero-order chi connectivity index (χ0) is 10.3. The molecule has 1 aliphatic carbocycles. The van der Waals surface area contributed by atoms with Gasteiger partial charge in [-0.05, 0) is 45.1 Å². The Bertz CT molecular complexity index is 346. The van der Waals surface area contributed by atoms with Gasteiger partial charge in [0.05, 0.1) is 5.54 Å². The Labute approximate surface area is 90.9 Å². The van der Waals surface area contributed by atoms with Gasteiger partial charge in [-0.1, -0.05) is 0 Å². The van der Waals surface area contributed by atoms with E-state index in [9.17, 15) is 0 Å². The summed E-state index contributed by atoms with van der Waals surface area (Å²) >= 11 is 0. The molecule has 1 N–H and O–H groups in total. The van der Waals surface area contributed by atoms with Crippen LogP contribution < -0.4 is 5.32 Å². The fraction of sp³-hybridized carbons (Fsp3) is 0.750. The maximum absolute atomic E-state index is 4.60. The van der Waals surface area contributed by atoms with Crippen molar-refractivity contribution < 1.29 is 0 Å². The van der Waals surface area contributed by atoms with Crippen molar-refractivity contribution >= 4 is 0 Å². The highest BCUT2D eigenvalue weighted by Crippen LogP contribution is 2.49. The standard InChI is InChI=1S/C12H19N3/c1-2-15-9-8-13-11(15)12(10-4-5-10)6-3-7-14-12/h8-10,14H,2-7H2,1H3. The van der Waals surface area contributed by atoms with Crippen molar-refractivity contribution in [2.75, 3.05) is 6.54 Å². The minimum atomic E-state index is 0.222. The van der Waals surface area contributed by atoms with E-state index in [1.807, 2.05) is 6.20 Å². The van der Waals surface area contributed by atoms with Crippen molar-refractivity contribution in [2.24, 2.45) is 5.92 Å². The largest absolute Gasteiger partial charge is 0.334 e. The molecule has 0 amide bonds. The van der Waals surface area contributed by atoms with Gasteiger partial charge in [0.2, 0.25) is 0 Å². The van der Waals surface area contributed by atoms with E-state index in [4.69, 9.17) is 0 Å². The molecule has 3 heteroatoms. The second-order valence-corrected chi connectivity index (χ2v) is 4.81. The van der Waals surface area contributed by atoms with Crippen molar-refractivity contribution in [1.29, 1.82) is 0 Å². The Morgan fingerprint density at radius 1 is 1.60 bits per heavy atom. The van der Waals surface area contributed by atoms with Gasteiger partial charge in [0.1, 0.15) is 5.82 Å². The average Bonchev–Trinajstić information content (AvgIpc) is 2.85. The van der Waals surface area contributed by atoms with Crippen molar-refractivity contribution in [1.82, 2.24) is 14.9 Å². The van der Waals surface area contributed by atoms with E-state index in [1.54, 1.807) is 0 Å². The van der Waals surface area contributed by atoms with E-state index in [0.717, 1.165) is 19.0 Å². The van der Waals surface area contributed by atoms with Gasteiger partial charge in [-0.3, -0.25) is 0 Å². The van der Waals surface area contributed by atoms with Gasteiger partial charge in [0, 0.05) is 18.9 Å². The number of rotatable bonds is 3. The summed E-state index contributed by atoms with van der Waals surface area (Å²) in [6.07, 6.45) is 9.39. The minimum absolute atomic E-state index is 0.222. The summed E-state index contributed by atoms with van der Waals surface area (Å²) in [6.45, 7) is 4.39. The number of aryl methyl sites for hydroxylation is 1. The number of hydrogen-bond acceptors (Lipinski definition) is 2. The monoisotopic (exact) mass is 205 g/mol. The lowest BCUT2D eigenvalue weighted by molar-refractivity contribution is 0.303. The molecule has 1 saturated heterocycles. The molecular formula is C12H19N3. The second kappa shape index (κ2) is 3.34. The van der Waals surface area contributed by atoms with Gasteiger partial charge in [0.15, 0.2) is 0 Å². The lowest BCUT2D eigenvalue weighted by Crippen LogP contribution is -2.41. The summed E-state index contributed by atoms with van der Waals surface area (Å²) in [5.74, 6) is 2.12. The Kier molecular flexibility index (Phi) is 2.09. The first-order chi connectivity index (χ1) is 7.37. The average molecular weight is 205 g/mol. The fourth-order valence-corrected chi connectivity index (χ4v) is 3.02. The molecule has 3 rings (SSSR count). The highest BCUT2D eigenvalue weighted by Gasteiger charge is 2.50. The predicted octanol–water partition coefficient (Wildman–Crippen LogP) is 1.89. The van der Waals surface area contributed by atoms with Gasteiger partial charge in [-0.15, -0.1) is 0 Å². The van der Waals surface area contributed by atoms with E-state index < -0.39 is 0 Å². The summed E-state index contributed by atoms with van der Waals surface area (Å²) in [4.78, 5) is 4.60. The van der Waals surface area contributed by atoms with Crippen LogP contribution in [-0.4, -0.2) is 16.1 Å². The molecule has 15 heavy (non-hydrogen) atoms. The maximum atomic E-state index is 4.60. The van der Waals surface area contributed by atoms with Crippen LogP contribution in [0.4, 0.5) is 0 Å². The van der Waals surface area contributed by atoms with Crippen LogP contribution in [0.3, 0.4) is 0 Å². The van der Waals surface area contributed by atoms with Crippen LogP contribution in [-0.2, 0) is 12.1 Å². The van der Waals surface area contributed by atoms with E-state index >= 15 is 0 Å². The topological polar surface area (TPSA) is 29.9 Å². The number of nitrogens with one attached hydrogen (secondary N) is 1. The van der Waals surface area contributed by atoms with Crippen molar-refractivity contribution in [3.05, 3.63) is 18.2 Å². The molecule has 0 bridgehead atoms. The highest BCUT2D eigenvalue weighted by atomic mass is 15.2. The summed E-state index contributed by atoms with van der Waals surface area (Å²) < 4.78 is 2.30. The Morgan fingerprint density at radius 3 is 3.07 bits per heavy atom. The minimum Gasteiger partial charge on any atom is -0.334 e. The van der Waals surface area contributed by atoms with Crippen molar-refractivity contribution in [3.8, 4) is 0 Å². The molecule has 0 spiro atoms. The van der Waals surface area contributed by atoms with Gasteiger partial charge in [-0.25, -0.2) is 4.98 Å². The molecule has 1 atom stereocenters. The molecule has 2 fully saturated rings. The van der Waals surface area contributed by atoms with E-state index in [0.29, 0.717) is 0 Å². The molecule has 2 aliphatic rings. The van der Waals surface area contributed by atoms with E-state index in [-0.39, 0.29) is 5.54 Å². The normalized spacial score (nSPS) is 31.0.